The normalized spacial score (nSPS) is 10.4. The minimum atomic E-state index is 0.191. The van der Waals surface area contributed by atoms with Gasteiger partial charge in [0.25, 0.3) is 0 Å². The quantitative estimate of drug-likeness (QED) is 0.833. The van der Waals surface area contributed by atoms with E-state index in [4.69, 9.17) is 17.3 Å². The Bertz CT molecular complexity index is 569. The van der Waals surface area contributed by atoms with Crippen molar-refractivity contribution in [3.8, 4) is 0 Å². The first kappa shape index (κ1) is 12.6. The van der Waals surface area contributed by atoms with Crippen LogP contribution in [-0.4, -0.2) is 9.97 Å². The maximum Gasteiger partial charge on any atom is 0.224 e. The summed E-state index contributed by atoms with van der Waals surface area (Å²) in [6.45, 7) is 3.91. The Morgan fingerprint density at radius 1 is 1.33 bits per heavy atom. The van der Waals surface area contributed by atoms with E-state index in [9.17, 15) is 0 Å². The SMILES string of the molecule is CCc1cccc(Nc2nc(Cl)nc(C)c2N)c1. The van der Waals surface area contributed by atoms with Crippen LogP contribution in [0.25, 0.3) is 0 Å². The Morgan fingerprint density at radius 2 is 2.11 bits per heavy atom. The first-order chi connectivity index (χ1) is 8.60. The fourth-order valence-corrected chi connectivity index (χ4v) is 1.86. The zero-order chi connectivity index (χ0) is 13.1. The van der Waals surface area contributed by atoms with Gasteiger partial charge in [0.1, 0.15) is 0 Å². The lowest BCUT2D eigenvalue weighted by Crippen LogP contribution is -2.04. The zero-order valence-electron chi connectivity index (χ0n) is 10.4. The summed E-state index contributed by atoms with van der Waals surface area (Å²) in [4.78, 5) is 8.10. The van der Waals surface area contributed by atoms with Crippen LogP contribution in [0.1, 0.15) is 18.2 Å². The van der Waals surface area contributed by atoms with Crippen molar-refractivity contribution >= 4 is 28.8 Å². The number of nitrogens with two attached hydrogens (primary N) is 1. The van der Waals surface area contributed by atoms with E-state index in [-0.39, 0.29) is 5.28 Å². The van der Waals surface area contributed by atoms with Crippen LogP contribution in [0, 0.1) is 6.92 Å². The molecule has 4 nitrogen and oxygen atoms in total. The van der Waals surface area contributed by atoms with Crippen LogP contribution in [0.5, 0.6) is 0 Å². The summed E-state index contributed by atoms with van der Waals surface area (Å²) in [6.07, 6.45) is 0.981. The van der Waals surface area contributed by atoms with Gasteiger partial charge in [-0.2, -0.15) is 4.98 Å². The topological polar surface area (TPSA) is 63.8 Å². The minimum absolute atomic E-state index is 0.191. The van der Waals surface area contributed by atoms with Gasteiger partial charge in [-0.05, 0) is 42.6 Å². The van der Waals surface area contributed by atoms with Crippen LogP contribution >= 0.6 is 11.6 Å². The fourth-order valence-electron chi connectivity index (χ4n) is 1.65. The molecule has 0 radical (unpaired) electrons. The van der Waals surface area contributed by atoms with Gasteiger partial charge < -0.3 is 11.1 Å². The number of nitrogens with one attached hydrogen (secondary N) is 1. The van der Waals surface area contributed by atoms with Crippen LogP contribution in [0.2, 0.25) is 5.28 Å². The molecule has 2 rings (SSSR count). The predicted octanol–water partition coefficient (Wildman–Crippen LogP) is 3.33. The Hall–Kier alpha value is -1.81. The lowest BCUT2D eigenvalue weighted by molar-refractivity contribution is 1.11. The summed E-state index contributed by atoms with van der Waals surface area (Å²) in [5, 5.41) is 3.36. The first-order valence-electron chi connectivity index (χ1n) is 5.75. The number of hydrogen-bond donors (Lipinski definition) is 2. The molecule has 5 heteroatoms. The van der Waals surface area contributed by atoms with Crippen molar-refractivity contribution in [1.82, 2.24) is 9.97 Å². The number of halogens is 1. The van der Waals surface area contributed by atoms with Gasteiger partial charge in [0, 0.05) is 5.69 Å². The molecule has 94 valence electrons. The van der Waals surface area contributed by atoms with Crippen LogP contribution in [-0.2, 0) is 6.42 Å². The Labute approximate surface area is 111 Å². The van der Waals surface area contributed by atoms with E-state index in [0.29, 0.717) is 17.2 Å². The number of rotatable bonds is 3. The number of benzene rings is 1. The van der Waals surface area contributed by atoms with Crippen LogP contribution in [0.3, 0.4) is 0 Å². The maximum absolute atomic E-state index is 5.92. The molecule has 0 spiro atoms. The van der Waals surface area contributed by atoms with Crippen LogP contribution in [0.4, 0.5) is 17.2 Å². The monoisotopic (exact) mass is 262 g/mol. The van der Waals surface area contributed by atoms with E-state index in [1.807, 2.05) is 12.1 Å². The van der Waals surface area contributed by atoms with Gasteiger partial charge in [-0.25, -0.2) is 4.98 Å². The fraction of sp³-hybridized carbons (Fsp3) is 0.231. The molecule has 0 aliphatic rings. The highest BCUT2D eigenvalue weighted by atomic mass is 35.5. The average Bonchev–Trinajstić information content (AvgIpc) is 2.35. The Balaban J connectivity index is 2.33. The van der Waals surface area contributed by atoms with E-state index in [0.717, 1.165) is 12.1 Å². The van der Waals surface area contributed by atoms with Crippen molar-refractivity contribution in [2.75, 3.05) is 11.1 Å². The van der Waals surface area contributed by atoms with Gasteiger partial charge in [0.05, 0.1) is 11.4 Å². The van der Waals surface area contributed by atoms with Gasteiger partial charge in [-0.1, -0.05) is 19.1 Å². The second-order valence-electron chi connectivity index (χ2n) is 4.02. The highest BCUT2D eigenvalue weighted by Gasteiger charge is 2.08. The first-order valence-corrected chi connectivity index (χ1v) is 6.13. The van der Waals surface area contributed by atoms with Crippen molar-refractivity contribution in [3.63, 3.8) is 0 Å². The second-order valence-corrected chi connectivity index (χ2v) is 4.36. The van der Waals surface area contributed by atoms with Crippen LogP contribution < -0.4 is 11.1 Å². The summed E-state index contributed by atoms with van der Waals surface area (Å²) in [7, 11) is 0. The largest absolute Gasteiger partial charge is 0.394 e. The van der Waals surface area contributed by atoms with Crippen molar-refractivity contribution in [3.05, 3.63) is 40.8 Å². The zero-order valence-corrected chi connectivity index (χ0v) is 11.1. The van der Waals surface area contributed by atoms with Gasteiger partial charge in [-0.15, -0.1) is 0 Å². The molecule has 0 saturated carbocycles. The lowest BCUT2D eigenvalue weighted by Gasteiger charge is -2.10. The van der Waals surface area contributed by atoms with E-state index in [1.165, 1.54) is 5.56 Å². The molecule has 0 bridgehead atoms. The van der Waals surface area contributed by atoms with Crippen molar-refractivity contribution in [1.29, 1.82) is 0 Å². The molecule has 18 heavy (non-hydrogen) atoms. The molecule has 1 heterocycles. The lowest BCUT2D eigenvalue weighted by atomic mass is 10.1. The molecule has 0 aliphatic heterocycles. The third-order valence-electron chi connectivity index (χ3n) is 2.71. The maximum atomic E-state index is 5.92. The second kappa shape index (κ2) is 5.23. The number of anilines is 3. The third kappa shape index (κ3) is 2.71. The molecular weight excluding hydrogens is 248 g/mol. The summed E-state index contributed by atoms with van der Waals surface area (Å²) < 4.78 is 0. The van der Waals surface area contributed by atoms with E-state index in [1.54, 1.807) is 6.92 Å². The molecule has 0 amide bonds. The third-order valence-corrected chi connectivity index (χ3v) is 2.88. The Kier molecular flexibility index (Phi) is 3.67. The summed E-state index contributed by atoms with van der Waals surface area (Å²) in [5.41, 5.74) is 9.30. The average molecular weight is 263 g/mol. The molecule has 2 aromatic rings. The summed E-state index contributed by atoms with van der Waals surface area (Å²) in [6, 6.07) is 8.09. The Morgan fingerprint density at radius 3 is 2.83 bits per heavy atom. The number of aryl methyl sites for hydroxylation is 2. The number of aromatic nitrogens is 2. The molecule has 0 atom stereocenters. The molecule has 3 N–H and O–H groups in total. The van der Waals surface area contributed by atoms with Crippen LogP contribution in [0.15, 0.2) is 24.3 Å². The van der Waals surface area contributed by atoms with Crippen molar-refractivity contribution in [2.24, 2.45) is 0 Å². The molecule has 0 unspecified atom stereocenters. The number of nitrogens with zero attached hydrogens (tertiary/aromatic N) is 2. The van der Waals surface area contributed by atoms with E-state index < -0.39 is 0 Å². The smallest absolute Gasteiger partial charge is 0.224 e. The van der Waals surface area contributed by atoms with Gasteiger partial charge in [0.15, 0.2) is 5.82 Å². The van der Waals surface area contributed by atoms with Crippen molar-refractivity contribution < 1.29 is 0 Å². The number of hydrogen-bond acceptors (Lipinski definition) is 4. The minimum Gasteiger partial charge on any atom is -0.394 e. The standard InChI is InChI=1S/C13H15ClN4/c1-3-9-5-4-6-10(7-9)17-12-11(15)8(2)16-13(14)18-12/h4-7H,3,15H2,1-2H3,(H,16,17,18). The van der Waals surface area contributed by atoms with Gasteiger partial charge in [-0.3, -0.25) is 0 Å². The van der Waals surface area contributed by atoms with E-state index >= 15 is 0 Å². The molecule has 1 aromatic heterocycles. The van der Waals surface area contributed by atoms with Crippen molar-refractivity contribution in [2.45, 2.75) is 20.3 Å². The number of nitrogen functional groups attached to an aromatic ring is 1. The summed E-state index contributed by atoms with van der Waals surface area (Å²) >= 11 is 5.83. The summed E-state index contributed by atoms with van der Waals surface area (Å²) in [5.74, 6) is 0.542. The molecule has 0 fully saturated rings. The molecular formula is C13H15ClN4. The molecule has 0 aliphatic carbocycles. The van der Waals surface area contributed by atoms with Gasteiger partial charge >= 0.3 is 0 Å². The van der Waals surface area contributed by atoms with E-state index in [2.05, 4.69) is 34.3 Å². The highest BCUT2D eigenvalue weighted by molar-refractivity contribution is 6.28. The molecule has 1 aromatic carbocycles. The predicted molar refractivity (Wildman–Crippen MR) is 75.3 cm³/mol. The van der Waals surface area contributed by atoms with Gasteiger partial charge in [0.2, 0.25) is 5.28 Å². The highest BCUT2D eigenvalue weighted by Crippen LogP contribution is 2.24. The molecule has 0 saturated heterocycles.